The van der Waals surface area contributed by atoms with Crippen LogP contribution in [0, 0.1) is 0 Å². The molecular weight excluding hydrogens is 214 g/mol. The summed E-state index contributed by atoms with van der Waals surface area (Å²) in [5, 5.41) is 3.71. The molecule has 3 rings (SSSR count). The number of aryl methyl sites for hydroxylation is 1. The van der Waals surface area contributed by atoms with Crippen LogP contribution in [0.15, 0.2) is 28.8 Å². The second-order valence-electron chi connectivity index (χ2n) is 4.48. The van der Waals surface area contributed by atoms with Gasteiger partial charge >= 0.3 is 0 Å². The molecule has 1 aromatic carbocycles. The molecule has 4 heteroatoms. The Hall–Kier alpha value is -1.97. The Kier molecular flexibility index (Phi) is 2.28. The molecule has 0 fully saturated rings. The molecule has 0 amide bonds. The standard InChI is InChI=1S/C13H15N3O/c1-16-6-2-3-9-4-5-10(7-11(9)16)12-8-13(14)15-17-12/h4-5,7-8H,2-3,6H2,1H3,(H2,14,15). The zero-order valence-corrected chi connectivity index (χ0v) is 9.81. The van der Waals surface area contributed by atoms with Crippen molar-refractivity contribution in [3.05, 3.63) is 29.8 Å². The summed E-state index contributed by atoms with van der Waals surface area (Å²) in [4.78, 5) is 2.28. The Morgan fingerprint density at radius 2 is 2.24 bits per heavy atom. The summed E-state index contributed by atoms with van der Waals surface area (Å²) < 4.78 is 5.18. The Balaban J connectivity index is 2.05. The molecule has 88 valence electrons. The number of hydrogen-bond acceptors (Lipinski definition) is 4. The lowest BCUT2D eigenvalue weighted by Gasteiger charge is -2.27. The van der Waals surface area contributed by atoms with Crippen molar-refractivity contribution in [2.75, 3.05) is 24.2 Å². The molecule has 2 aromatic rings. The van der Waals surface area contributed by atoms with Crippen LogP contribution in [0.25, 0.3) is 11.3 Å². The number of fused-ring (bicyclic) bond motifs is 1. The Morgan fingerprint density at radius 3 is 3.00 bits per heavy atom. The van der Waals surface area contributed by atoms with Crippen molar-refractivity contribution in [2.24, 2.45) is 0 Å². The zero-order chi connectivity index (χ0) is 11.8. The molecule has 0 saturated carbocycles. The third kappa shape index (κ3) is 1.75. The molecule has 17 heavy (non-hydrogen) atoms. The molecule has 0 aliphatic carbocycles. The summed E-state index contributed by atoms with van der Waals surface area (Å²) in [7, 11) is 2.12. The normalized spacial score (nSPS) is 14.8. The summed E-state index contributed by atoms with van der Waals surface area (Å²) >= 11 is 0. The van der Waals surface area contributed by atoms with Gasteiger partial charge in [-0.05, 0) is 24.5 Å². The van der Waals surface area contributed by atoms with Gasteiger partial charge in [0.05, 0.1) is 0 Å². The molecule has 2 N–H and O–H groups in total. The van der Waals surface area contributed by atoms with E-state index in [1.54, 1.807) is 6.07 Å². The highest BCUT2D eigenvalue weighted by molar-refractivity contribution is 5.69. The molecule has 1 aromatic heterocycles. The predicted octanol–water partition coefficient (Wildman–Crippen LogP) is 2.31. The van der Waals surface area contributed by atoms with E-state index in [9.17, 15) is 0 Å². The first kappa shape index (κ1) is 10.2. The van der Waals surface area contributed by atoms with Gasteiger partial charge in [0.25, 0.3) is 0 Å². The first-order chi connectivity index (χ1) is 8.24. The van der Waals surface area contributed by atoms with Crippen LogP contribution in [0.1, 0.15) is 12.0 Å². The topological polar surface area (TPSA) is 55.3 Å². The van der Waals surface area contributed by atoms with E-state index in [0.29, 0.717) is 5.82 Å². The molecule has 0 bridgehead atoms. The van der Waals surface area contributed by atoms with Gasteiger partial charge in [-0.1, -0.05) is 17.3 Å². The SMILES string of the molecule is CN1CCCc2ccc(-c3cc(N)no3)cc21. The highest BCUT2D eigenvalue weighted by Crippen LogP contribution is 2.31. The van der Waals surface area contributed by atoms with Crippen molar-refractivity contribution < 1.29 is 4.52 Å². The summed E-state index contributed by atoms with van der Waals surface area (Å²) in [6.07, 6.45) is 2.37. The number of rotatable bonds is 1. The number of hydrogen-bond donors (Lipinski definition) is 1. The summed E-state index contributed by atoms with van der Waals surface area (Å²) in [6, 6.07) is 8.13. The van der Waals surface area contributed by atoms with Crippen LogP contribution >= 0.6 is 0 Å². The largest absolute Gasteiger partial charge is 0.381 e. The van der Waals surface area contributed by atoms with E-state index in [4.69, 9.17) is 10.3 Å². The van der Waals surface area contributed by atoms with E-state index in [0.717, 1.165) is 24.3 Å². The summed E-state index contributed by atoms with van der Waals surface area (Å²) in [5.74, 6) is 1.15. The average Bonchev–Trinajstić information content (AvgIpc) is 2.76. The van der Waals surface area contributed by atoms with Crippen LogP contribution in [0.3, 0.4) is 0 Å². The second kappa shape index (κ2) is 3.80. The highest BCUT2D eigenvalue weighted by atomic mass is 16.5. The molecular formula is C13H15N3O. The Morgan fingerprint density at radius 1 is 1.35 bits per heavy atom. The third-order valence-corrected chi connectivity index (χ3v) is 3.25. The monoisotopic (exact) mass is 229 g/mol. The lowest BCUT2D eigenvalue weighted by molar-refractivity contribution is 0.436. The third-order valence-electron chi connectivity index (χ3n) is 3.25. The number of nitrogens with two attached hydrogens (primary N) is 1. The summed E-state index contributed by atoms with van der Waals surface area (Å²) in [5.41, 5.74) is 9.27. The maximum absolute atomic E-state index is 5.57. The minimum atomic E-state index is 0.422. The number of aromatic nitrogens is 1. The van der Waals surface area contributed by atoms with Crippen LogP contribution in [-0.4, -0.2) is 18.7 Å². The van der Waals surface area contributed by atoms with Gasteiger partial charge in [0, 0.05) is 30.9 Å². The molecule has 0 atom stereocenters. The molecule has 0 spiro atoms. The maximum atomic E-state index is 5.57. The van der Waals surface area contributed by atoms with E-state index < -0.39 is 0 Å². The van der Waals surface area contributed by atoms with Crippen LogP contribution < -0.4 is 10.6 Å². The number of anilines is 2. The predicted molar refractivity (Wildman–Crippen MR) is 67.9 cm³/mol. The molecule has 1 aliphatic rings. The van der Waals surface area contributed by atoms with Crippen LogP contribution in [0.5, 0.6) is 0 Å². The van der Waals surface area contributed by atoms with Gasteiger partial charge in [-0.3, -0.25) is 0 Å². The Labute approximate surface area is 100 Å². The Bertz CT molecular complexity index is 547. The van der Waals surface area contributed by atoms with Crippen molar-refractivity contribution >= 4 is 11.5 Å². The van der Waals surface area contributed by atoms with Crippen molar-refractivity contribution in [3.8, 4) is 11.3 Å². The zero-order valence-electron chi connectivity index (χ0n) is 9.81. The van der Waals surface area contributed by atoms with E-state index in [2.05, 4.69) is 35.3 Å². The molecule has 0 saturated heterocycles. The van der Waals surface area contributed by atoms with Crippen molar-refractivity contribution in [1.82, 2.24) is 5.16 Å². The molecule has 0 radical (unpaired) electrons. The van der Waals surface area contributed by atoms with E-state index in [1.165, 1.54) is 17.7 Å². The first-order valence-electron chi connectivity index (χ1n) is 5.80. The minimum absolute atomic E-state index is 0.422. The second-order valence-corrected chi connectivity index (χ2v) is 4.48. The van der Waals surface area contributed by atoms with Gasteiger partial charge in [-0.2, -0.15) is 0 Å². The quantitative estimate of drug-likeness (QED) is 0.815. The lowest BCUT2D eigenvalue weighted by Crippen LogP contribution is -2.24. The lowest BCUT2D eigenvalue weighted by atomic mass is 9.99. The minimum Gasteiger partial charge on any atom is -0.381 e. The number of nitrogen functional groups attached to an aromatic ring is 1. The maximum Gasteiger partial charge on any atom is 0.169 e. The number of nitrogens with zero attached hydrogens (tertiary/aromatic N) is 2. The van der Waals surface area contributed by atoms with Gasteiger partial charge < -0.3 is 15.2 Å². The van der Waals surface area contributed by atoms with E-state index in [1.807, 2.05) is 0 Å². The fraction of sp³-hybridized carbons (Fsp3) is 0.308. The summed E-state index contributed by atoms with van der Waals surface area (Å²) in [6.45, 7) is 1.11. The molecule has 4 nitrogen and oxygen atoms in total. The van der Waals surface area contributed by atoms with E-state index >= 15 is 0 Å². The molecule has 0 unspecified atom stereocenters. The van der Waals surface area contributed by atoms with Gasteiger partial charge in [-0.15, -0.1) is 0 Å². The van der Waals surface area contributed by atoms with Gasteiger partial charge in [0.2, 0.25) is 0 Å². The van der Waals surface area contributed by atoms with Crippen LogP contribution in [0.2, 0.25) is 0 Å². The fourth-order valence-electron chi connectivity index (χ4n) is 2.34. The van der Waals surface area contributed by atoms with Crippen molar-refractivity contribution in [2.45, 2.75) is 12.8 Å². The molecule has 1 aliphatic heterocycles. The smallest absolute Gasteiger partial charge is 0.169 e. The van der Waals surface area contributed by atoms with Crippen molar-refractivity contribution in [3.63, 3.8) is 0 Å². The van der Waals surface area contributed by atoms with Gasteiger partial charge in [-0.25, -0.2) is 0 Å². The molecule has 2 heterocycles. The first-order valence-corrected chi connectivity index (χ1v) is 5.80. The van der Waals surface area contributed by atoms with Crippen LogP contribution in [-0.2, 0) is 6.42 Å². The van der Waals surface area contributed by atoms with Crippen LogP contribution in [0.4, 0.5) is 11.5 Å². The fourth-order valence-corrected chi connectivity index (χ4v) is 2.34. The van der Waals surface area contributed by atoms with Gasteiger partial charge in [0.1, 0.15) is 0 Å². The highest BCUT2D eigenvalue weighted by Gasteiger charge is 2.15. The average molecular weight is 229 g/mol. The van der Waals surface area contributed by atoms with E-state index in [-0.39, 0.29) is 0 Å². The van der Waals surface area contributed by atoms with Crippen molar-refractivity contribution in [1.29, 1.82) is 0 Å². The van der Waals surface area contributed by atoms with Gasteiger partial charge in [0.15, 0.2) is 11.6 Å². The number of benzene rings is 1.